The fraction of sp³-hybridized carbons (Fsp3) is 0.385. The van der Waals surface area contributed by atoms with Gasteiger partial charge >= 0.3 is 0 Å². The van der Waals surface area contributed by atoms with Gasteiger partial charge in [-0.1, -0.05) is 12.0 Å². The van der Waals surface area contributed by atoms with Crippen molar-refractivity contribution >= 4 is 0 Å². The summed E-state index contributed by atoms with van der Waals surface area (Å²) in [6.07, 6.45) is -0.437. The quantitative estimate of drug-likeness (QED) is 0.766. The Labute approximate surface area is 90.9 Å². The van der Waals surface area contributed by atoms with Crippen molar-refractivity contribution in [2.45, 2.75) is 26.9 Å². The second kappa shape index (κ2) is 5.43. The molecule has 0 amide bonds. The van der Waals surface area contributed by atoms with Crippen LogP contribution in [0.1, 0.15) is 31.1 Å². The Hall–Kier alpha value is -1.46. The molecule has 0 aromatic heterocycles. The predicted molar refractivity (Wildman–Crippen MR) is 60.8 cm³/mol. The van der Waals surface area contributed by atoms with Crippen LogP contribution in [0, 0.1) is 18.8 Å². The Bertz CT molecular complexity index is 383. The summed E-state index contributed by atoms with van der Waals surface area (Å²) in [7, 11) is 0. The maximum absolute atomic E-state index is 9.39. The van der Waals surface area contributed by atoms with Crippen LogP contribution in [0.2, 0.25) is 0 Å². The fourth-order valence-corrected chi connectivity index (χ4v) is 1.28. The number of rotatable bonds is 3. The van der Waals surface area contributed by atoms with Crippen LogP contribution in [0.4, 0.5) is 0 Å². The summed E-state index contributed by atoms with van der Waals surface area (Å²) >= 11 is 0. The minimum atomic E-state index is -0.437. The van der Waals surface area contributed by atoms with Crippen molar-refractivity contribution in [3.05, 3.63) is 29.3 Å². The van der Waals surface area contributed by atoms with E-state index in [-0.39, 0.29) is 0 Å². The molecule has 1 rings (SSSR count). The number of hydrogen-bond acceptors (Lipinski definition) is 2. The smallest absolute Gasteiger partial charge is 0.149 e. The minimum Gasteiger partial charge on any atom is -0.481 e. The van der Waals surface area contributed by atoms with Gasteiger partial charge in [0.05, 0.1) is 6.10 Å². The maximum atomic E-state index is 9.39. The lowest BCUT2D eigenvalue weighted by Crippen LogP contribution is -1.98. The Morgan fingerprint density at radius 3 is 2.73 bits per heavy atom. The number of benzene rings is 1. The molecule has 1 N–H and O–H groups in total. The molecule has 0 aliphatic carbocycles. The summed E-state index contributed by atoms with van der Waals surface area (Å²) in [6.45, 7) is 5.90. The topological polar surface area (TPSA) is 29.5 Å². The van der Waals surface area contributed by atoms with Crippen molar-refractivity contribution in [2.24, 2.45) is 0 Å². The van der Waals surface area contributed by atoms with Gasteiger partial charge in [-0.3, -0.25) is 0 Å². The summed E-state index contributed by atoms with van der Waals surface area (Å²) in [5.41, 5.74) is 1.92. The van der Waals surface area contributed by atoms with E-state index in [4.69, 9.17) is 4.74 Å². The van der Waals surface area contributed by atoms with E-state index in [1.54, 1.807) is 13.8 Å². The van der Waals surface area contributed by atoms with Crippen LogP contribution in [0.5, 0.6) is 5.75 Å². The summed E-state index contributed by atoms with van der Waals surface area (Å²) in [6, 6.07) is 5.67. The highest BCUT2D eigenvalue weighted by Crippen LogP contribution is 2.22. The third kappa shape index (κ3) is 3.30. The molecule has 2 nitrogen and oxygen atoms in total. The second-order valence-corrected chi connectivity index (χ2v) is 3.42. The molecular weight excluding hydrogens is 188 g/mol. The van der Waals surface area contributed by atoms with E-state index in [0.717, 1.165) is 16.9 Å². The molecule has 0 saturated carbocycles. The molecule has 80 valence electrons. The Balaban J connectivity index is 2.77. The van der Waals surface area contributed by atoms with E-state index >= 15 is 0 Å². The molecule has 0 aliphatic rings. The molecular formula is C13H16O2. The average Bonchev–Trinajstić information content (AvgIpc) is 2.20. The van der Waals surface area contributed by atoms with Crippen LogP contribution >= 0.6 is 0 Å². The molecule has 0 bridgehead atoms. The summed E-state index contributed by atoms with van der Waals surface area (Å²) in [4.78, 5) is 0. The zero-order chi connectivity index (χ0) is 11.3. The van der Waals surface area contributed by atoms with Gasteiger partial charge in [-0.05, 0) is 44.0 Å². The van der Waals surface area contributed by atoms with Crippen molar-refractivity contribution in [3.63, 3.8) is 0 Å². The highest BCUT2D eigenvalue weighted by molar-refractivity contribution is 5.37. The Kier molecular flexibility index (Phi) is 4.20. The van der Waals surface area contributed by atoms with E-state index in [2.05, 4.69) is 11.8 Å². The number of ether oxygens (including phenoxy) is 1. The summed E-state index contributed by atoms with van der Waals surface area (Å²) in [5.74, 6) is 6.43. The fourth-order valence-electron chi connectivity index (χ4n) is 1.28. The minimum absolute atomic E-state index is 0.408. The van der Waals surface area contributed by atoms with Gasteiger partial charge in [0.25, 0.3) is 0 Å². The molecule has 1 atom stereocenters. The molecule has 0 fully saturated rings. The van der Waals surface area contributed by atoms with E-state index in [1.807, 2.05) is 25.1 Å². The van der Waals surface area contributed by atoms with E-state index < -0.39 is 6.10 Å². The van der Waals surface area contributed by atoms with Crippen LogP contribution in [0.3, 0.4) is 0 Å². The van der Waals surface area contributed by atoms with E-state index in [9.17, 15) is 5.11 Å². The molecule has 0 radical (unpaired) electrons. The Morgan fingerprint density at radius 1 is 1.47 bits per heavy atom. The lowest BCUT2D eigenvalue weighted by Gasteiger charge is -2.10. The van der Waals surface area contributed by atoms with Gasteiger partial charge < -0.3 is 9.84 Å². The SMILES string of the molecule is CC#CCOc1ccc([C@@H](C)O)cc1C. The maximum Gasteiger partial charge on any atom is 0.149 e. The van der Waals surface area contributed by atoms with Gasteiger partial charge in [-0.2, -0.15) is 0 Å². The van der Waals surface area contributed by atoms with Crippen LogP contribution < -0.4 is 4.74 Å². The zero-order valence-corrected chi connectivity index (χ0v) is 9.37. The zero-order valence-electron chi connectivity index (χ0n) is 9.37. The first-order valence-electron chi connectivity index (χ1n) is 4.96. The van der Waals surface area contributed by atoms with Crippen LogP contribution in [-0.4, -0.2) is 11.7 Å². The summed E-state index contributed by atoms with van der Waals surface area (Å²) in [5, 5.41) is 9.39. The van der Waals surface area contributed by atoms with Gasteiger partial charge in [-0.25, -0.2) is 0 Å². The predicted octanol–water partition coefficient (Wildman–Crippen LogP) is 2.45. The highest BCUT2D eigenvalue weighted by Gasteiger charge is 2.04. The standard InChI is InChI=1S/C13H16O2/c1-4-5-8-15-13-7-6-12(11(3)14)9-10(13)2/h6-7,9,11,14H,8H2,1-3H3/t11-/m1/s1. The number of aliphatic hydroxyl groups is 1. The van der Waals surface area contributed by atoms with Gasteiger partial charge in [-0.15, -0.1) is 5.92 Å². The van der Waals surface area contributed by atoms with Crippen LogP contribution in [0.25, 0.3) is 0 Å². The second-order valence-electron chi connectivity index (χ2n) is 3.42. The molecule has 1 aromatic rings. The normalized spacial score (nSPS) is 11.5. The molecule has 0 unspecified atom stereocenters. The molecule has 0 spiro atoms. The highest BCUT2D eigenvalue weighted by atomic mass is 16.5. The molecule has 0 heterocycles. The van der Waals surface area contributed by atoms with Crippen molar-refractivity contribution in [1.29, 1.82) is 0 Å². The van der Waals surface area contributed by atoms with Crippen molar-refractivity contribution in [1.82, 2.24) is 0 Å². The largest absolute Gasteiger partial charge is 0.481 e. The number of hydrogen-bond donors (Lipinski definition) is 1. The van der Waals surface area contributed by atoms with Crippen molar-refractivity contribution < 1.29 is 9.84 Å². The lowest BCUT2D eigenvalue weighted by molar-refractivity contribution is 0.199. The Morgan fingerprint density at radius 2 is 2.20 bits per heavy atom. The number of aliphatic hydroxyl groups excluding tert-OH is 1. The molecule has 0 saturated heterocycles. The molecule has 2 heteroatoms. The first-order chi connectivity index (χ1) is 7.15. The first kappa shape index (κ1) is 11.6. The average molecular weight is 204 g/mol. The number of aryl methyl sites for hydroxylation is 1. The monoisotopic (exact) mass is 204 g/mol. The lowest BCUT2D eigenvalue weighted by atomic mass is 10.1. The summed E-state index contributed by atoms with van der Waals surface area (Å²) < 4.78 is 5.46. The first-order valence-corrected chi connectivity index (χ1v) is 4.96. The van der Waals surface area contributed by atoms with Crippen LogP contribution in [-0.2, 0) is 0 Å². The third-order valence-electron chi connectivity index (χ3n) is 2.16. The van der Waals surface area contributed by atoms with E-state index in [1.165, 1.54) is 0 Å². The molecule has 15 heavy (non-hydrogen) atoms. The third-order valence-corrected chi connectivity index (χ3v) is 2.16. The van der Waals surface area contributed by atoms with Gasteiger partial charge in [0, 0.05) is 0 Å². The van der Waals surface area contributed by atoms with E-state index in [0.29, 0.717) is 6.61 Å². The van der Waals surface area contributed by atoms with Crippen LogP contribution in [0.15, 0.2) is 18.2 Å². The van der Waals surface area contributed by atoms with Crippen molar-refractivity contribution in [3.8, 4) is 17.6 Å². The van der Waals surface area contributed by atoms with Gasteiger partial charge in [0.1, 0.15) is 12.4 Å². The van der Waals surface area contributed by atoms with Crippen molar-refractivity contribution in [2.75, 3.05) is 6.61 Å². The molecule has 0 aliphatic heterocycles. The van der Waals surface area contributed by atoms with Gasteiger partial charge in [0.15, 0.2) is 0 Å². The van der Waals surface area contributed by atoms with Gasteiger partial charge in [0.2, 0.25) is 0 Å². The molecule has 1 aromatic carbocycles.